The maximum Gasteiger partial charge on any atom is 0.250 e. The molecule has 1 aliphatic heterocycles. The smallest absolute Gasteiger partial charge is 0.250 e. The number of amides is 1. The number of benzene rings is 2. The van der Waals surface area contributed by atoms with Crippen LogP contribution < -0.4 is 25.4 Å². The molecule has 1 amide bonds. The average molecular weight is 510 g/mol. The Balaban J connectivity index is 1.58. The highest BCUT2D eigenvalue weighted by molar-refractivity contribution is 6.00. The van der Waals surface area contributed by atoms with Gasteiger partial charge in [0, 0.05) is 32.3 Å². The lowest BCUT2D eigenvalue weighted by atomic mass is 9.98. The zero-order chi connectivity index (χ0) is 27.0. The van der Waals surface area contributed by atoms with E-state index in [2.05, 4.69) is 29.8 Å². The Morgan fingerprint density at radius 1 is 1.24 bits per heavy atom. The minimum Gasteiger partial charge on any atom is -0.488 e. The van der Waals surface area contributed by atoms with Gasteiger partial charge in [0.25, 0.3) is 5.91 Å². The van der Waals surface area contributed by atoms with Crippen molar-refractivity contribution in [2.45, 2.75) is 65.0 Å². The number of anilines is 1. The molecule has 7 heteroatoms. The molecule has 7 nitrogen and oxygen atoms in total. The lowest BCUT2D eigenvalue weighted by Crippen LogP contribution is -2.32. The van der Waals surface area contributed by atoms with Gasteiger partial charge in [0.1, 0.15) is 12.2 Å². The number of hydrogen-bond acceptors (Lipinski definition) is 6. The number of primary amides is 1. The summed E-state index contributed by atoms with van der Waals surface area (Å²) in [5.74, 6) is 1.06. The summed E-state index contributed by atoms with van der Waals surface area (Å²) in [5.41, 5.74) is 10.3. The Kier molecular flexibility index (Phi) is 10.0. The number of rotatable bonds is 14. The summed E-state index contributed by atoms with van der Waals surface area (Å²) in [6.45, 7) is 14.9. The van der Waals surface area contributed by atoms with Gasteiger partial charge in [-0.1, -0.05) is 18.2 Å². The van der Waals surface area contributed by atoms with Crippen LogP contribution in [0.25, 0.3) is 0 Å². The minimum absolute atomic E-state index is 0.133. The molecule has 0 saturated carbocycles. The van der Waals surface area contributed by atoms with Crippen molar-refractivity contribution in [1.82, 2.24) is 5.32 Å². The van der Waals surface area contributed by atoms with Gasteiger partial charge in [-0.25, -0.2) is 0 Å². The Labute approximate surface area is 221 Å². The second-order valence-corrected chi connectivity index (χ2v) is 10.7. The molecule has 0 aliphatic carbocycles. The second-order valence-electron chi connectivity index (χ2n) is 10.7. The summed E-state index contributed by atoms with van der Waals surface area (Å²) in [7, 11) is 0. The number of nitrogens with two attached hydrogens (primary N) is 1. The number of hydrogen-bond donors (Lipinski definition) is 3. The molecular formula is C30H43N3O4. The van der Waals surface area contributed by atoms with Crippen LogP contribution in [0.4, 0.5) is 5.69 Å². The molecule has 2 aromatic carbocycles. The van der Waals surface area contributed by atoms with E-state index in [1.165, 1.54) is 0 Å². The van der Waals surface area contributed by atoms with Gasteiger partial charge in [0.15, 0.2) is 11.5 Å². The van der Waals surface area contributed by atoms with E-state index in [1.54, 1.807) is 0 Å². The molecule has 0 aromatic heterocycles. The maximum absolute atomic E-state index is 12.2. The standard InChI is InChI=1S/C30H43N3O4/c1-6-8-22-9-10-26(27(20-22)37-30(3,4)5)36-16-12-32-21(2)17-23-18-24-11-14-33(13-7-15-34)28(24)25(19-23)29(31)35/h6,9-10,18-21,32,34H,1,7-8,11-17H2,2-5H3,(H2,31,35)/t21-/m1/s1. The molecule has 0 spiro atoms. The molecule has 3 rings (SSSR count). The molecule has 0 radical (unpaired) electrons. The van der Waals surface area contributed by atoms with Crippen molar-refractivity contribution in [3.05, 3.63) is 65.2 Å². The summed E-state index contributed by atoms with van der Waals surface area (Å²) in [6.07, 6.45) is 4.99. The number of carbonyl (C=O) groups is 1. The van der Waals surface area contributed by atoms with Crippen LogP contribution in [0.15, 0.2) is 43.0 Å². The minimum atomic E-state index is -0.407. The third-order valence-electron chi connectivity index (χ3n) is 6.27. The van der Waals surface area contributed by atoms with E-state index >= 15 is 0 Å². The molecule has 0 fully saturated rings. The number of nitrogens with one attached hydrogen (secondary N) is 1. The van der Waals surface area contributed by atoms with Gasteiger partial charge in [-0.05, 0) is 88.3 Å². The lowest BCUT2D eigenvalue weighted by molar-refractivity contribution is 0.100. The fraction of sp³-hybridized carbons (Fsp3) is 0.500. The predicted octanol–water partition coefficient (Wildman–Crippen LogP) is 4.04. The molecule has 1 atom stereocenters. The summed E-state index contributed by atoms with van der Waals surface area (Å²) in [6, 6.07) is 10.3. The highest BCUT2D eigenvalue weighted by Gasteiger charge is 2.25. The van der Waals surface area contributed by atoms with Crippen LogP contribution in [0.3, 0.4) is 0 Å². The number of aliphatic hydroxyl groups excluding tert-OH is 1. The number of nitrogens with zero attached hydrogens (tertiary/aromatic N) is 1. The van der Waals surface area contributed by atoms with Crippen molar-refractivity contribution in [2.24, 2.45) is 5.73 Å². The van der Waals surface area contributed by atoms with Crippen LogP contribution in [-0.2, 0) is 19.3 Å². The fourth-order valence-electron chi connectivity index (χ4n) is 4.75. The van der Waals surface area contributed by atoms with Crippen molar-refractivity contribution in [2.75, 3.05) is 37.7 Å². The molecule has 37 heavy (non-hydrogen) atoms. The van der Waals surface area contributed by atoms with E-state index < -0.39 is 5.91 Å². The largest absolute Gasteiger partial charge is 0.488 e. The third kappa shape index (κ3) is 8.23. The van der Waals surface area contributed by atoms with E-state index in [1.807, 2.05) is 51.1 Å². The van der Waals surface area contributed by atoms with Gasteiger partial charge in [-0.3, -0.25) is 4.79 Å². The molecule has 0 unspecified atom stereocenters. The first-order valence-electron chi connectivity index (χ1n) is 13.2. The van der Waals surface area contributed by atoms with E-state index in [9.17, 15) is 9.90 Å². The van der Waals surface area contributed by atoms with Crippen molar-refractivity contribution >= 4 is 11.6 Å². The Morgan fingerprint density at radius 3 is 2.70 bits per heavy atom. The first-order chi connectivity index (χ1) is 17.6. The highest BCUT2D eigenvalue weighted by Crippen LogP contribution is 2.34. The topological polar surface area (TPSA) is 97.0 Å². The van der Waals surface area contributed by atoms with Crippen LogP contribution in [0, 0.1) is 0 Å². The first kappa shape index (κ1) is 28.5. The van der Waals surface area contributed by atoms with Crippen LogP contribution in [-0.4, -0.2) is 55.5 Å². The van der Waals surface area contributed by atoms with Crippen LogP contribution in [0.5, 0.6) is 11.5 Å². The maximum atomic E-state index is 12.2. The average Bonchev–Trinajstić information content (AvgIpc) is 3.23. The van der Waals surface area contributed by atoms with Gasteiger partial charge >= 0.3 is 0 Å². The van der Waals surface area contributed by atoms with Crippen molar-refractivity contribution < 1.29 is 19.4 Å². The predicted molar refractivity (Wildman–Crippen MR) is 150 cm³/mol. The molecule has 0 saturated heterocycles. The van der Waals surface area contributed by atoms with Crippen LogP contribution in [0.2, 0.25) is 0 Å². The Hall–Kier alpha value is -3.03. The van der Waals surface area contributed by atoms with Crippen molar-refractivity contribution in [3.8, 4) is 11.5 Å². The molecule has 0 bridgehead atoms. The Morgan fingerprint density at radius 2 is 2.03 bits per heavy atom. The number of aliphatic hydroxyl groups is 1. The van der Waals surface area contributed by atoms with Gasteiger partial charge < -0.3 is 30.5 Å². The number of carbonyl (C=O) groups excluding carboxylic acids is 1. The van der Waals surface area contributed by atoms with Gasteiger partial charge in [-0.15, -0.1) is 6.58 Å². The summed E-state index contributed by atoms with van der Waals surface area (Å²) >= 11 is 0. The summed E-state index contributed by atoms with van der Waals surface area (Å²) < 4.78 is 12.2. The van der Waals surface area contributed by atoms with Crippen molar-refractivity contribution in [3.63, 3.8) is 0 Å². The molecule has 1 heterocycles. The summed E-state index contributed by atoms with van der Waals surface area (Å²) in [5, 5.41) is 12.7. The molecule has 2 aromatic rings. The van der Waals surface area contributed by atoms with Gasteiger partial charge in [0.2, 0.25) is 0 Å². The van der Waals surface area contributed by atoms with E-state index in [0.29, 0.717) is 25.1 Å². The zero-order valence-electron chi connectivity index (χ0n) is 22.8. The highest BCUT2D eigenvalue weighted by atomic mass is 16.5. The molecular weight excluding hydrogens is 466 g/mol. The first-order valence-corrected chi connectivity index (χ1v) is 13.2. The monoisotopic (exact) mass is 509 g/mol. The summed E-state index contributed by atoms with van der Waals surface area (Å²) in [4.78, 5) is 14.4. The molecule has 4 N–H and O–H groups in total. The van der Waals surface area contributed by atoms with Gasteiger partial charge in [0.05, 0.1) is 11.3 Å². The van der Waals surface area contributed by atoms with E-state index in [0.717, 1.165) is 66.2 Å². The Bertz CT molecular complexity index is 1080. The number of ether oxygens (including phenoxy) is 2. The quantitative estimate of drug-likeness (QED) is 0.263. The van der Waals surface area contributed by atoms with Crippen LogP contribution in [0.1, 0.15) is 61.2 Å². The van der Waals surface area contributed by atoms with Crippen LogP contribution >= 0.6 is 0 Å². The zero-order valence-corrected chi connectivity index (χ0v) is 22.8. The third-order valence-corrected chi connectivity index (χ3v) is 6.27. The SMILES string of the molecule is C=CCc1ccc(OCCN[C@H](C)Cc2cc3c(c(C(N)=O)c2)N(CCCO)CC3)c(OC(C)(C)C)c1. The second kappa shape index (κ2) is 13.0. The van der Waals surface area contributed by atoms with E-state index in [4.69, 9.17) is 15.2 Å². The van der Waals surface area contributed by atoms with Gasteiger partial charge in [-0.2, -0.15) is 0 Å². The fourth-order valence-corrected chi connectivity index (χ4v) is 4.75. The lowest BCUT2D eigenvalue weighted by Gasteiger charge is -2.24. The van der Waals surface area contributed by atoms with E-state index in [-0.39, 0.29) is 18.2 Å². The number of fused-ring (bicyclic) bond motifs is 1. The van der Waals surface area contributed by atoms with Crippen molar-refractivity contribution in [1.29, 1.82) is 0 Å². The molecule has 202 valence electrons. The normalized spacial score (nSPS) is 13.8. The number of allylic oxidation sites excluding steroid dienone is 1. The molecule has 1 aliphatic rings.